The summed E-state index contributed by atoms with van der Waals surface area (Å²) in [6.45, 7) is 1.68. The van der Waals surface area contributed by atoms with E-state index in [2.05, 4.69) is 9.54 Å². The van der Waals surface area contributed by atoms with E-state index >= 15 is 0 Å². The van der Waals surface area contributed by atoms with E-state index in [4.69, 9.17) is 5.73 Å². The van der Waals surface area contributed by atoms with Crippen LogP contribution in [0.3, 0.4) is 0 Å². The third-order valence-corrected chi connectivity index (χ3v) is 1.10. The van der Waals surface area contributed by atoms with E-state index in [1.54, 1.807) is 6.92 Å². The predicted molar refractivity (Wildman–Crippen MR) is 35.0 cm³/mol. The van der Waals surface area contributed by atoms with E-state index in [9.17, 15) is 8.42 Å². The summed E-state index contributed by atoms with van der Waals surface area (Å²) in [5.41, 5.74) is 5.05. The molecule has 0 bridgehead atoms. The van der Waals surface area contributed by atoms with Gasteiger partial charge in [-0.3, -0.25) is 0 Å². The molecule has 0 spiro atoms. The molecule has 0 amide bonds. The Morgan fingerprint density at radius 1 is 1.67 bits per heavy atom. The van der Waals surface area contributed by atoms with Gasteiger partial charge in [-0.15, -0.1) is 4.40 Å². The van der Waals surface area contributed by atoms with Crippen LogP contribution in [0, 0.1) is 0 Å². The van der Waals surface area contributed by atoms with Gasteiger partial charge in [-0.05, 0) is 0 Å². The van der Waals surface area contributed by atoms with E-state index in [-0.39, 0.29) is 5.84 Å². The van der Waals surface area contributed by atoms with E-state index in [1.165, 1.54) is 0 Å². The number of nitrogens with zero attached hydrogens (tertiary/aromatic N) is 1. The lowest BCUT2D eigenvalue weighted by atomic mass is 10.5. The molecule has 0 rings (SSSR count). The minimum atomic E-state index is -3.77. The highest BCUT2D eigenvalue weighted by Gasteiger charge is 1.96. The molecular formula is C3H9N3O2S. The van der Waals surface area contributed by atoms with Crippen LogP contribution in [0.1, 0.15) is 13.3 Å². The maximum atomic E-state index is 10.1. The summed E-state index contributed by atoms with van der Waals surface area (Å²) < 4.78 is 23.2. The van der Waals surface area contributed by atoms with Crippen molar-refractivity contribution in [3.8, 4) is 0 Å². The van der Waals surface area contributed by atoms with Gasteiger partial charge in [-0.2, -0.15) is 8.42 Å². The van der Waals surface area contributed by atoms with Gasteiger partial charge in [0.05, 0.1) is 0 Å². The first-order chi connectivity index (χ1) is 3.95. The lowest BCUT2D eigenvalue weighted by Gasteiger charge is -1.90. The van der Waals surface area contributed by atoms with Crippen LogP contribution < -0.4 is 10.9 Å². The molecule has 0 saturated heterocycles. The van der Waals surface area contributed by atoms with Gasteiger partial charge in [0.25, 0.3) is 0 Å². The van der Waals surface area contributed by atoms with Crippen LogP contribution >= 0.6 is 0 Å². The Morgan fingerprint density at radius 3 is 2.22 bits per heavy atom. The van der Waals surface area contributed by atoms with Crippen molar-refractivity contribution in [3.05, 3.63) is 0 Å². The quantitative estimate of drug-likeness (QED) is 0.389. The predicted octanol–water partition coefficient (Wildman–Crippen LogP) is -1.04. The summed E-state index contributed by atoms with van der Waals surface area (Å²) in [4.78, 5) is 0. The number of amidine groups is 1. The zero-order valence-corrected chi connectivity index (χ0v) is 5.85. The van der Waals surface area contributed by atoms with E-state index in [0.717, 1.165) is 0 Å². The molecule has 0 radical (unpaired) electrons. The largest absolute Gasteiger partial charge is 0.386 e. The maximum Gasteiger partial charge on any atom is 0.318 e. The summed E-state index contributed by atoms with van der Waals surface area (Å²) in [5.74, 6) is 0.0255. The van der Waals surface area contributed by atoms with Gasteiger partial charge in [0.2, 0.25) is 0 Å². The topological polar surface area (TPSA) is 98.5 Å². The molecule has 54 valence electrons. The normalized spacial score (nSPS) is 13.8. The second-order valence-electron chi connectivity index (χ2n) is 1.45. The summed E-state index contributed by atoms with van der Waals surface area (Å²) in [7, 11) is -3.77. The van der Waals surface area contributed by atoms with Crippen LogP contribution in [-0.4, -0.2) is 14.3 Å². The highest BCUT2D eigenvalue weighted by atomic mass is 32.2. The summed E-state index contributed by atoms with van der Waals surface area (Å²) in [5, 5.41) is 4.52. The van der Waals surface area contributed by atoms with Crippen LogP contribution in [0.15, 0.2) is 4.40 Å². The van der Waals surface area contributed by atoms with Crippen LogP contribution in [0.4, 0.5) is 0 Å². The minimum Gasteiger partial charge on any atom is -0.386 e. The Hall–Kier alpha value is -0.620. The molecule has 0 unspecified atom stereocenters. The van der Waals surface area contributed by atoms with Crippen molar-refractivity contribution in [2.75, 3.05) is 0 Å². The van der Waals surface area contributed by atoms with Gasteiger partial charge >= 0.3 is 10.2 Å². The van der Waals surface area contributed by atoms with Gasteiger partial charge in [-0.25, -0.2) is 5.14 Å². The Kier molecular flexibility index (Phi) is 2.60. The molecule has 0 aromatic rings. The van der Waals surface area contributed by atoms with Crippen molar-refractivity contribution >= 4 is 16.0 Å². The van der Waals surface area contributed by atoms with Crippen LogP contribution in [-0.2, 0) is 10.2 Å². The molecule has 0 aliphatic rings. The van der Waals surface area contributed by atoms with Crippen LogP contribution in [0.2, 0.25) is 0 Å². The number of hydrogen-bond donors (Lipinski definition) is 2. The second-order valence-corrected chi connectivity index (χ2v) is 2.66. The first-order valence-corrected chi connectivity index (χ1v) is 3.83. The van der Waals surface area contributed by atoms with Crippen LogP contribution in [0.5, 0.6) is 0 Å². The molecule has 0 heterocycles. The van der Waals surface area contributed by atoms with Gasteiger partial charge in [0.1, 0.15) is 5.84 Å². The molecule has 9 heavy (non-hydrogen) atoms. The highest BCUT2D eigenvalue weighted by Crippen LogP contribution is 1.82. The van der Waals surface area contributed by atoms with Crippen LogP contribution in [0.25, 0.3) is 0 Å². The highest BCUT2D eigenvalue weighted by molar-refractivity contribution is 7.88. The Labute approximate surface area is 53.9 Å². The smallest absolute Gasteiger partial charge is 0.318 e. The molecule has 0 aromatic carbocycles. The first-order valence-electron chi connectivity index (χ1n) is 2.32. The van der Waals surface area contributed by atoms with Gasteiger partial charge in [0, 0.05) is 6.42 Å². The average Bonchev–Trinajstić information content (AvgIpc) is 1.62. The Morgan fingerprint density at radius 2 is 2.11 bits per heavy atom. The van der Waals surface area contributed by atoms with Gasteiger partial charge in [0.15, 0.2) is 0 Å². The lowest BCUT2D eigenvalue weighted by molar-refractivity contribution is 0.599. The second kappa shape index (κ2) is 2.79. The summed E-state index contributed by atoms with van der Waals surface area (Å²) in [6.07, 6.45) is 0.385. The Bertz CT molecular complexity index is 205. The number of nitrogens with two attached hydrogens (primary N) is 2. The van der Waals surface area contributed by atoms with E-state index < -0.39 is 10.2 Å². The van der Waals surface area contributed by atoms with E-state index in [0.29, 0.717) is 6.42 Å². The fourth-order valence-corrected chi connectivity index (χ4v) is 0.684. The molecular weight excluding hydrogens is 142 g/mol. The van der Waals surface area contributed by atoms with Crippen molar-refractivity contribution in [1.29, 1.82) is 0 Å². The fraction of sp³-hybridized carbons (Fsp3) is 0.667. The zero-order valence-electron chi connectivity index (χ0n) is 5.03. The molecule has 0 aromatic heterocycles. The van der Waals surface area contributed by atoms with Crippen molar-refractivity contribution in [2.24, 2.45) is 15.3 Å². The van der Waals surface area contributed by atoms with Crippen molar-refractivity contribution < 1.29 is 8.42 Å². The summed E-state index contributed by atoms with van der Waals surface area (Å²) in [6, 6.07) is 0. The maximum absolute atomic E-state index is 10.1. The third-order valence-electron chi connectivity index (χ3n) is 0.607. The first kappa shape index (κ1) is 8.38. The average molecular weight is 151 g/mol. The lowest BCUT2D eigenvalue weighted by Crippen LogP contribution is -2.17. The molecule has 0 fully saturated rings. The fourth-order valence-electron chi connectivity index (χ4n) is 0.228. The standard InChI is InChI=1S/C3H9N3O2S/c1-2-3(4)6-9(5,7)8/h2H2,1H3,(H2,4,6)(H2,5,7,8). The molecule has 0 aliphatic carbocycles. The summed E-state index contributed by atoms with van der Waals surface area (Å²) >= 11 is 0. The molecule has 0 aliphatic heterocycles. The number of hydrogen-bond acceptors (Lipinski definition) is 2. The third kappa shape index (κ3) is 5.25. The van der Waals surface area contributed by atoms with E-state index in [1.807, 2.05) is 0 Å². The van der Waals surface area contributed by atoms with Gasteiger partial charge < -0.3 is 5.73 Å². The molecule has 6 heteroatoms. The SMILES string of the molecule is CC/C(N)=N/S(N)(=O)=O. The van der Waals surface area contributed by atoms with Gasteiger partial charge in [-0.1, -0.05) is 6.92 Å². The molecule has 0 atom stereocenters. The van der Waals surface area contributed by atoms with Crippen molar-refractivity contribution in [2.45, 2.75) is 13.3 Å². The number of rotatable bonds is 2. The van der Waals surface area contributed by atoms with Crippen molar-refractivity contribution in [1.82, 2.24) is 0 Å². The molecule has 0 saturated carbocycles. The zero-order chi connectivity index (χ0) is 7.49. The van der Waals surface area contributed by atoms with Crippen molar-refractivity contribution in [3.63, 3.8) is 0 Å². The monoisotopic (exact) mass is 151 g/mol. The molecule has 5 nitrogen and oxygen atoms in total. The Balaban J connectivity index is 4.32. The molecule has 4 N–H and O–H groups in total. The minimum absolute atomic E-state index is 0.0255.